The molecule has 1 aliphatic heterocycles. The molecular formula is C20H30ClIN6S. The number of rotatable bonds is 7. The Morgan fingerprint density at radius 1 is 1.21 bits per heavy atom. The van der Waals surface area contributed by atoms with Crippen LogP contribution >= 0.6 is 46.9 Å². The standard InChI is InChI=1S/C20H29ClN6S.HI/c1-16-14-24-19(28-16)15-25-20(22-2)23-8-5-9-26-10-12-27(13-11-26)18-7-4-3-6-17(18)21;/h3-4,6-7,14H,5,8-13,15H2,1-2H3,(H2,22,23,25);1H. The van der Waals surface area contributed by atoms with Gasteiger partial charge in [-0.05, 0) is 32.0 Å². The number of benzene rings is 1. The molecule has 1 fully saturated rings. The Hall–Kier alpha value is -1.10. The van der Waals surface area contributed by atoms with Crippen molar-refractivity contribution in [1.82, 2.24) is 20.5 Å². The quantitative estimate of drug-likeness (QED) is 0.240. The van der Waals surface area contributed by atoms with E-state index in [0.717, 1.165) is 67.4 Å². The highest BCUT2D eigenvalue weighted by atomic mass is 127. The fraction of sp³-hybridized carbons (Fsp3) is 0.500. The maximum atomic E-state index is 6.32. The Kier molecular flexibility index (Phi) is 10.5. The largest absolute Gasteiger partial charge is 0.368 e. The van der Waals surface area contributed by atoms with Crippen LogP contribution in [0.1, 0.15) is 16.3 Å². The third kappa shape index (κ3) is 7.58. The van der Waals surface area contributed by atoms with Crippen LogP contribution in [0.4, 0.5) is 5.69 Å². The summed E-state index contributed by atoms with van der Waals surface area (Å²) in [5.74, 6) is 0.830. The molecule has 9 heteroatoms. The number of para-hydroxylation sites is 1. The Bertz CT molecular complexity index is 776. The lowest BCUT2D eigenvalue weighted by Gasteiger charge is -2.36. The number of piperazine rings is 1. The van der Waals surface area contributed by atoms with Crippen molar-refractivity contribution >= 4 is 58.6 Å². The molecule has 2 heterocycles. The van der Waals surface area contributed by atoms with E-state index < -0.39 is 0 Å². The van der Waals surface area contributed by atoms with Crippen molar-refractivity contribution in [3.05, 3.63) is 45.4 Å². The zero-order valence-corrected chi connectivity index (χ0v) is 20.9. The predicted octanol–water partition coefficient (Wildman–Crippen LogP) is 3.60. The van der Waals surface area contributed by atoms with Gasteiger partial charge in [-0.1, -0.05) is 23.7 Å². The number of nitrogens with one attached hydrogen (secondary N) is 2. The van der Waals surface area contributed by atoms with Crippen LogP contribution in [-0.4, -0.2) is 62.2 Å². The van der Waals surface area contributed by atoms with Gasteiger partial charge in [0.1, 0.15) is 5.01 Å². The second-order valence-corrected chi connectivity index (χ2v) is 8.58. The third-order valence-corrected chi connectivity index (χ3v) is 6.04. The highest BCUT2D eigenvalue weighted by Crippen LogP contribution is 2.25. The number of aromatic nitrogens is 1. The topological polar surface area (TPSA) is 55.8 Å². The molecule has 0 radical (unpaired) electrons. The average molecular weight is 549 g/mol. The normalized spacial score (nSPS) is 15.1. The number of guanidine groups is 1. The van der Waals surface area contributed by atoms with Crippen LogP contribution in [0.3, 0.4) is 0 Å². The molecule has 0 atom stereocenters. The van der Waals surface area contributed by atoms with Gasteiger partial charge in [-0.15, -0.1) is 35.3 Å². The fourth-order valence-corrected chi connectivity index (χ4v) is 4.28. The summed E-state index contributed by atoms with van der Waals surface area (Å²) in [6.45, 7) is 8.96. The van der Waals surface area contributed by atoms with Crippen LogP contribution in [0.5, 0.6) is 0 Å². The molecule has 29 heavy (non-hydrogen) atoms. The van der Waals surface area contributed by atoms with Crippen molar-refractivity contribution in [2.75, 3.05) is 51.2 Å². The lowest BCUT2D eigenvalue weighted by Crippen LogP contribution is -2.47. The van der Waals surface area contributed by atoms with Crippen LogP contribution in [0, 0.1) is 6.92 Å². The van der Waals surface area contributed by atoms with Crippen molar-refractivity contribution in [2.24, 2.45) is 4.99 Å². The zero-order valence-electron chi connectivity index (χ0n) is 17.0. The summed E-state index contributed by atoms with van der Waals surface area (Å²) < 4.78 is 0. The highest BCUT2D eigenvalue weighted by Gasteiger charge is 2.18. The first kappa shape index (κ1) is 24.2. The molecule has 0 spiro atoms. The molecule has 3 rings (SSSR count). The number of halogens is 2. The van der Waals surface area contributed by atoms with E-state index in [1.165, 1.54) is 4.88 Å². The Balaban J connectivity index is 0.00000300. The van der Waals surface area contributed by atoms with Gasteiger partial charge in [-0.25, -0.2) is 4.98 Å². The summed E-state index contributed by atoms with van der Waals surface area (Å²) in [6, 6.07) is 8.10. The number of thiazole rings is 1. The second kappa shape index (κ2) is 12.6. The van der Waals surface area contributed by atoms with E-state index in [4.69, 9.17) is 11.6 Å². The van der Waals surface area contributed by atoms with E-state index in [1.807, 2.05) is 18.3 Å². The molecule has 1 saturated heterocycles. The number of hydrogen-bond donors (Lipinski definition) is 2. The number of hydrogen-bond acceptors (Lipinski definition) is 5. The minimum atomic E-state index is 0. The van der Waals surface area contributed by atoms with Gasteiger partial charge >= 0.3 is 0 Å². The number of anilines is 1. The first-order chi connectivity index (χ1) is 13.7. The van der Waals surface area contributed by atoms with Crippen molar-refractivity contribution < 1.29 is 0 Å². The number of aryl methyl sites for hydroxylation is 1. The minimum absolute atomic E-state index is 0. The molecule has 1 aliphatic rings. The molecule has 1 aromatic heterocycles. The van der Waals surface area contributed by atoms with Crippen LogP contribution in [0.25, 0.3) is 0 Å². The summed E-state index contributed by atoms with van der Waals surface area (Å²) in [4.78, 5) is 14.8. The van der Waals surface area contributed by atoms with E-state index in [-0.39, 0.29) is 24.0 Å². The maximum Gasteiger partial charge on any atom is 0.191 e. The van der Waals surface area contributed by atoms with Crippen LogP contribution in [-0.2, 0) is 6.54 Å². The third-order valence-electron chi connectivity index (χ3n) is 4.81. The zero-order chi connectivity index (χ0) is 19.8. The molecular weight excluding hydrogens is 519 g/mol. The van der Waals surface area contributed by atoms with E-state index >= 15 is 0 Å². The molecule has 2 N–H and O–H groups in total. The van der Waals surface area contributed by atoms with Crippen molar-refractivity contribution in [3.8, 4) is 0 Å². The smallest absolute Gasteiger partial charge is 0.191 e. The molecule has 160 valence electrons. The molecule has 0 bridgehead atoms. The number of aliphatic imine (C=N–C) groups is 1. The summed E-state index contributed by atoms with van der Waals surface area (Å²) in [6.07, 6.45) is 2.99. The fourth-order valence-electron chi connectivity index (χ4n) is 3.29. The van der Waals surface area contributed by atoms with Gasteiger partial charge < -0.3 is 15.5 Å². The van der Waals surface area contributed by atoms with E-state index in [1.54, 1.807) is 18.4 Å². The lowest BCUT2D eigenvalue weighted by molar-refractivity contribution is 0.255. The van der Waals surface area contributed by atoms with Gasteiger partial charge in [-0.3, -0.25) is 9.89 Å². The Morgan fingerprint density at radius 3 is 2.62 bits per heavy atom. The van der Waals surface area contributed by atoms with Crippen LogP contribution < -0.4 is 15.5 Å². The van der Waals surface area contributed by atoms with Gasteiger partial charge in [0.15, 0.2) is 5.96 Å². The average Bonchev–Trinajstić information content (AvgIpc) is 3.13. The minimum Gasteiger partial charge on any atom is -0.368 e. The molecule has 6 nitrogen and oxygen atoms in total. The molecule has 0 unspecified atom stereocenters. The van der Waals surface area contributed by atoms with Crippen LogP contribution in [0.15, 0.2) is 35.5 Å². The van der Waals surface area contributed by atoms with Crippen molar-refractivity contribution in [1.29, 1.82) is 0 Å². The molecule has 2 aromatic rings. The van der Waals surface area contributed by atoms with Gasteiger partial charge in [0.2, 0.25) is 0 Å². The summed E-state index contributed by atoms with van der Waals surface area (Å²) >= 11 is 8.03. The first-order valence-electron chi connectivity index (χ1n) is 9.73. The summed E-state index contributed by atoms with van der Waals surface area (Å²) in [5, 5.41) is 8.63. The Morgan fingerprint density at radius 2 is 1.97 bits per heavy atom. The molecule has 0 aliphatic carbocycles. The summed E-state index contributed by atoms with van der Waals surface area (Å²) in [7, 11) is 1.80. The van der Waals surface area contributed by atoms with Crippen molar-refractivity contribution in [3.63, 3.8) is 0 Å². The predicted molar refractivity (Wildman–Crippen MR) is 135 cm³/mol. The monoisotopic (exact) mass is 548 g/mol. The maximum absolute atomic E-state index is 6.32. The van der Waals surface area contributed by atoms with Gasteiger partial charge in [-0.2, -0.15) is 0 Å². The highest BCUT2D eigenvalue weighted by molar-refractivity contribution is 14.0. The van der Waals surface area contributed by atoms with E-state index in [2.05, 4.69) is 49.5 Å². The lowest BCUT2D eigenvalue weighted by atomic mass is 10.2. The first-order valence-corrected chi connectivity index (χ1v) is 10.9. The SMILES string of the molecule is CN=C(NCCCN1CCN(c2ccccc2Cl)CC1)NCc1ncc(C)s1.I. The Labute approximate surface area is 199 Å². The molecule has 0 amide bonds. The van der Waals surface area contributed by atoms with Gasteiger partial charge in [0.05, 0.1) is 17.3 Å². The van der Waals surface area contributed by atoms with E-state index in [0.29, 0.717) is 6.54 Å². The van der Waals surface area contributed by atoms with Gasteiger partial charge in [0, 0.05) is 50.8 Å². The molecule has 0 saturated carbocycles. The second-order valence-electron chi connectivity index (χ2n) is 6.85. The molecule has 1 aromatic carbocycles. The van der Waals surface area contributed by atoms with Crippen molar-refractivity contribution in [2.45, 2.75) is 19.9 Å². The van der Waals surface area contributed by atoms with E-state index in [9.17, 15) is 0 Å². The number of nitrogens with zero attached hydrogens (tertiary/aromatic N) is 4. The summed E-state index contributed by atoms with van der Waals surface area (Å²) in [5.41, 5.74) is 1.15. The van der Waals surface area contributed by atoms with Gasteiger partial charge in [0.25, 0.3) is 0 Å². The van der Waals surface area contributed by atoms with Crippen LogP contribution in [0.2, 0.25) is 5.02 Å².